The third-order valence-electron chi connectivity index (χ3n) is 2.91. The lowest BCUT2D eigenvalue weighted by Gasteiger charge is -1.99. The maximum Gasteiger partial charge on any atom is 0.303 e. The largest absolute Gasteiger partial charge is 0.481 e. The number of carboxylic acids is 1. The van der Waals surface area contributed by atoms with Gasteiger partial charge in [-0.3, -0.25) is 9.59 Å². The fourth-order valence-corrected chi connectivity index (χ4v) is 3.05. The van der Waals surface area contributed by atoms with E-state index in [1.54, 1.807) is 0 Å². The number of hydrogen-bond donors (Lipinski definition) is 2. The van der Waals surface area contributed by atoms with E-state index in [0.717, 1.165) is 25.0 Å². The normalized spacial score (nSPS) is 14.7. The summed E-state index contributed by atoms with van der Waals surface area (Å²) < 4.78 is 0. The molecule has 1 aliphatic rings. The molecule has 6 heteroatoms. The van der Waals surface area contributed by atoms with Gasteiger partial charge >= 0.3 is 5.97 Å². The quantitative estimate of drug-likeness (QED) is 0.821. The molecule has 18 heavy (non-hydrogen) atoms. The number of fused-ring (bicyclic) bond motifs is 1. The first-order valence-corrected chi connectivity index (χ1v) is 6.97. The van der Waals surface area contributed by atoms with Gasteiger partial charge in [-0.1, -0.05) is 6.42 Å². The highest BCUT2D eigenvalue weighted by Crippen LogP contribution is 2.28. The van der Waals surface area contributed by atoms with E-state index < -0.39 is 5.97 Å². The standard InChI is InChI=1S/C12H16N2O3S/c15-10(6-7-11(16)17)14-12-13-8-4-2-1-3-5-9(8)18-12/h1-7H2,(H,16,17)(H,13,14,15). The highest BCUT2D eigenvalue weighted by atomic mass is 32.1. The van der Waals surface area contributed by atoms with Crippen molar-refractivity contribution in [2.24, 2.45) is 0 Å². The molecule has 1 aliphatic carbocycles. The lowest BCUT2D eigenvalue weighted by Crippen LogP contribution is -2.13. The van der Waals surface area contributed by atoms with Gasteiger partial charge in [0, 0.05) is 11.3 Å². The molecule has 0 saturated carbocycles. The summed E-state index contributed by atoms with van der Waals surface area (Å²) in [5.41, 5.74) is 1.10. The third kappa shape index (κ3) is 3.53. The first-order valence-electron chi connectivity index (χ1n) is 6.15. The van der Waals surface area contributed by atoms with Crippen molar-refractivity contribution in [3.05, 3.63) is 10.6 Å². The summed E-state index contributed by atoms with van der Waals surface area (Å²) in [6, 6.07) is 0. The minimum absolute atomic E-state index is 0.000417. The van der Waals surface area contributed by atoms with E-state index in [4.69, 9.17) is 5.11 Å². The van der Waals surface area contributed by atoms with Gasteiger partial charge in [0.25, 0.3) is 0 Å². The lowest BCUT2D eigenvalue weighted by atomic mass is 10.2. The summed E-state index contributed by atoms with van der Waals surface area (Å²) in [5, 5.41) is 11.8. The Hall–Kier alpha value is -1.43. The van der Waals surface area contributed by atoms with Crippen LogP contribution in [0.25, 0.3) is 0 Å². The second-order valence-electron chi connectivity index (χ2n) is 4.39. The molecule has 1 amide bonds. The van der Waals surface area contributed by atoms with Crippen molar-refractivity contribution in [1.82, 2.24) is 4.98 Å². The first kappa shape index (κ1) is 13.0. The van der Waals surface area contributed by atoms with E-state index in [9.17, 15) is 9.59 Å². The van der Waals surface area contributed by atoms with Gasteiger partial charge < -0.3 is 10.4 Å². The first-order chi connectivity index (χ1) is 8.65. The molecule has 0 aromatic carbocycles. The van der Waals surface area contributed by atoms with Gasteiger partial charge in [0.2, 0.25) is 5.91 Å². The predicted molar refractivity (Wildman–Crippen MR) is 68.9 cm³/mol. The van der Waals surface area contributed by atoms with Gasteiger partial charge in [-0.2, -0.15) is 0 Å². The number of rotatable bonds is 4. The molecule has 0 fully saturated rings. The Bertz CT molecular complexity index is 433. The molecule has 2 N–H and O–H groups in total. The number of thiazole rings is 1. The van der Waals surface area contributed by atoms with Crippen molar-refractivity contribution < 1.29 is 14.7 Å². The van der Waals surface area contributed by atoms with E-state index in [-0.39, 0.29) is 18.7 Å². The Kier molecular flexibility index (Phi) is 4.30. The van der Waals surface area contributed by atoms with E-state index >= 15 is 0 Å². The number of carboxylic acid groups (broad SMARTS) is 1. The number of hydrogen-bond acceptors (Lipinski definition) is 4. The SMILES string of the molecule is O=C(O)CCC(=O)Nc1nc2c(s1)CCCCC2. The molecule has 0 bridgehead atoms. The predicted octanol–water partition coefficient (Wildman–Crippen LogP) is 2.22. The van der Waals surface area contributed by atoms with Crippen LogP contribution in [-0.4, -0.2) is 22.0 Å². The van der Waals surface area contributed by atoms with Crippen molar-refractivity contribution >= 4 is 28.3 Å². The molecular formula is C12H16N2O3S. The van der Waals surface area contributed by atoms with E-state index in [0.29, 0.717) is 5.13 Å². The Balaban J connectivity index is 1.93. The average molecular weight is 268 g/mol. The highest BCUT2D eigenvalue weighted by molar-refractivity contribution is 7.15. The Morgan fingerprint density at radius 3 is 2.78 bits per heavy atom. The molecule has 98 valence electrons. The van der Waals surface area contributed by atoms with E-state index in [2.05, 4.69) is 10.3 Å². The zero-order valence-corrected chi connectivity index (χ0v) is 10.9. The van der Waals surface area contributed by atoms with Gasteiger partial charge in [-0.25, -0.2) is 4.98 Å². The molecule has 0 radical (unpaired) electrons. The summed E-state index contributed by atoms with van der Waals surface area (Å²) >= 11 is 1.52. The average Bonchev–Trinajstić information content (AvgIpc) is 2.56. The summed E-state index contributed by atoms with van der Waals surface area (Å²) in [7, 11) is 0. The van der Waals surface area contributed by atoms with Crippen LogP contribution in [0.3, 0.4) is 0 Å². The Morgan fingerprint density at radius 2 is 2.00 bits per heavy atom. The molecule has 1 aromatic heterocycles. The topological polar surface area (TPSA) is 79.3 Å². The minimum Gasteiger partial charge on any atom is -0.481 e. The molecule has 0 spiro atoms. The van der Waals surface area contributed by atoms with Crippen molar-refractivity contribution in [3.63, 3.8) is 0 Å². The number of anilines is 1. The Morgan fingerprint density at radius 1 is 1.22 bits per heavy atom. The van der Waals surface area contributed by atoms with Gasteiger partial charge in [0.05, 0.1) is 12.1 Å². The van der Waals surface area contributed by atoms with Crippen LogP contribution in [0.4, 0.5) is 5.13 Å². The molecule has 0 unspecified atom stereocenters. The van der Waals surface area contributed by atoms with E-state index in [1.165, 1.54) is 29.1 Å². The van der Waals surface area contributed by atoms with Gasteiger partial charge in [0.1, 0.15) is 0 Å². The monoisotopic (exact) mass is 268 g/mol. The maximum atomic E-state index is 11.5. The number of carbonyl (C=O) groups excluding carboxylic acids is 1. The number of carbonyl (C=O) groups is 2. The summed E-state index contributed by atoms with van der Waals surface area (Å²) in [6.45, 7) is 0. The van der Waals surface area contributed by atoms with Gasteiger partial charge in [-0.05, 0) is 25.7 Å². The summed E-state index contributed by atoms with van der Waals surface area (Å²) in [6.07, 6.45) is 5.46. The van der Waals surface area contributed by atoms with Crippen molar-refractivity contribution in [1.29, 1.82) is 0 Å². The van der Waals surface area contributed by atoms with Crippen LogP contribution in [0, 0.1) is 0 Å². The molecule has 0 saturated heterocycles. The highest BCUT2D eigenvalue weighted by Gasteiger charge is 2.15. The van der Waals surface area contributed by atoms with Crippen LogP contribution in [-0.2, 0) is 22.4 Å². The number of amides is 1. The number of nitrogens with one attached hydrogen (secondary N) is 1. The smallest absolute Gasteiger partial charge is 0.303 e. The van der Waals surface area contributed by atoms with Crippen LogP contribution in [0.5, 0.6) is 0 Å². The molecule has 0 aliphatic heterocycles. The third-order valence-corrected chi connectivity index (χ3v) is 3.98. The molecule has 1 aromatic rings. The zero-order valence-electron chi connectivity index (χ0n) is 10.1. The van der Waals surface area contributed by atoms with Crippen molar-refractivity contribution in [3.8, 4) is 0 Å². The number of aryl methyl sites for hydroxylation is 2. The maximum absolute atomic E-state index is 11.5. The number of aliphatic carboxylic acids is 1. The molecule has 1 heterocycles. The summed E-state index contributed by atoms with van der Waals surface area (Å²) in [4.78, 5) is 27.5. The van der Waals surface area contributed by atoms with Crippen LogP contribution >= 0.6 is 11.3 Å². The second-order valence-corrected chi connectivity index (χ2v) is 5.48. The molecule has 5 nitrogen and oxygen atoms in total. The van der Waals surface area contributed by atoms with Gasteiger partial charge in [-0.15, -0.1) is 11.3 Å². The van der Waals surface area contributed by atoms with Crippen LogP contribution in [0.1, 0.15) is 42.7 Å². The van der Waals surface area contributed by atoms with Crippen LogP contribution in [0.2, 0.25) is 0 Å². The minimum atomic E-state index is -0.958. The lowest BCUT2D eigenvalue weighted by molar-refractivity contribution is -0.138. The number of aromatic nitrogens is 1. The van der Waals surface area contributed by atoms with Crippen LogP contribution in [0.15, 0.2) is 0 Å². The van der Waals surface area contributed by atoms with Crippen molar-refractivity contribution in [2.45, 2.75) is 44.9 Å². The molecule has 0 atom stereocenters. The van der Waals surface area contributed by atoms with Crippen molar-refractivity contribution in [2.75, 3.05) is 5.32 Å². The van der Waals surface area contributed by atoms with Crippen LogP contribution < -0.4 is 5.32 Å². The molecular weight excluding hydrogens is 252 g/mol. The zero-order chi connectivity index (χ0) is 13.0. The summed E-state index contributed by atoms with van der Waals surface area (Å²) in [5.74, 6) is -1.23. The second kappa shape index (κ2) is 5.95. The fraction of sp³-hybridized carbons (Fsp3) is 0.583. The van der Waals surface area contributed by atoms with E-state index in [1.807, 2.05) is 0 Å². The molecule has 2 rings (SSSR count). The van der Waals surface area contributed by atoms with Gasteiger partial charge in [0.15, 0.2) is 5.13 Å². The fourth-order valence-electron chi connectivity index (χ4n) is 1.98. The number of nitrogens with zero attached hydrogens (tertiary/aromatic N) is 1. The Labute approximate surface area is 109 Å².